The molecule has 1 atom stereocenters. The number of piperazine rings is 1. The lowest BCUT2D eigenvalue weighted by Crippen LogP contribution is -2.48. The largest absolute Gasteiger partial charge is 0.496 e. The number of nitrogens with one attached hydrogen (secondary N) is 1. The van der Waals surface area contributed by atoms with Crippen molar-refractivity contribution in [3.8, 4) is 5.75 Å². The Morgan fingerprint density at radius 2 is 2.00 bits per heavy atom. The Balaban J connectivity index is 2.04. The second kappa shape index (κ2) is 7.11. The molecule has 7 heteroatoms. The molecule has 134 valence electrons. The van der Waals surface area contributed by atoms with Gasteiger partial charge >= 0.3 is 0 Å². The van der Waals surface area contributed by atoms with Crippen LogP contribution in [0.4, 0.5) is 4.39 Å². The lowest BCUT2D eigenvalue weighted by molar-refractivity contribution is 0.264. The number of rotatable bonds is 4. The molecule has 0 bridgehead atoms. The van der Waals surface area contributed by atoms with Crippen molar-refractivity contribution in [3.05, 3.63) is 59.4 Å². The van der Waals surface area contributed by atoms with Crippen molar-refractivity contribution >= 4 is 10.0 Å². The summed E-state index contributed by atoms with van der Waals surface area (Å²) in [5.41, 5.74) is 1.12. The average molecular weight is 364 g/mol. The van der Waals surface area contributed by atoms with Crippen LogP contribution >= 0.6 is 0 Å². The Bertz CT molecular complexity index is 870. The third-order valence-electron chi connectivity index (χ3n) is 4.43. The van der Waals surface area contributed by atoms with Crippen LogP contribution in [-0.2, 0) is 10.0 Å². The molecule has 2 aromatic carbocycles. The summed E-state index contributed by atoms with van der Waals surface area (Å²) in [7, 11) is -2.19. The number of methoxy groups -OCH3 is 1. The van der Waals surface area contributed by atoms with E-state index in [0.717, 1.165) is 5.56 Å². The van der Waals surface area contributed by atoms with E-state index in [-0.39, 0.29) is 10.9 Å². The standard InChI is InChI=1S/C18H21FN2O3S/c1-13-11-14(7-8-16(13)19)25(22,23)21-10-9-20-12-17(21)15-5-3-4-6-18(15)24-2/h3-8,11,17,20H,9-10,12H2,1-2H3. The van der Waals surface area contributed by atoms with E-state index >= 15 is 0 Å². The Hall–Kier alpha value is -1.96. The van der Waals surface area contributed by atoms with Crippen molar-refractivity contribution < 1.29 is 17.5 Å². The number of hydrogen-bond acceptors (Lipinski definition) is 4. The van der Waals surface area contributed by atoms with Crippen molar-refractivity contribution in [2.75, 3.05) is 26.7 Å². The second-order valence-corrected chi connectivity index (χ2v) is 7.88. The number of hydrogen-bond donors (Lipinski definition) is 1. The number of halogens is 1. The van der Waals surface area contributed by atoms with Crippen LogP contribution in [0.3, 0.4) is 0 Å². The van der Waals surface area contributed by atoms with E-state index in [9.17, 15) is 12.8 Å². The minimum Gasteiger partial charge on any atom is -0.496 e. The fourth-order valence-corrected chi connectivity index (χ4v) is 4.78. The van der Waals surface area contributed by atoms with E-state index in [1.54, 1.807) is 14.0 Å². The van der Waals surface area contributed by atoms with Gasteiger partial charge in [0.25, 0.3) is 0 Å². The first-order valence-corrected chi connectivity index (χ1v) is 9.51. The van der Waals surface area contributed by atoms with Gasteiger partial charge in [0.05, 0.1) is 18.0 Å². The maximum absolute atomic E-state index is 13.5. The third kappa shape index (κ3) is 3.40. The Morgan fingerprint density at radius 3 is 2.72 bits per heavy atom. The minimum absolute atomic E-state index is 0.105. The molecular formula is C18H21FN2O3S. The van der Waals surface area contributed by atoms with Gasteiger partial charge in [-0.2, -0.15) is 4.31 Å². The monoisotopic (exact) mass is 364 g/mol. The van der Waals surface area contributed by atoms with Crippen molar-refractivity contribution in [2.45, 2.75) is 17.9 Å². The highest BCUT2D eigenvalue weighted by Gasteiger charge is 2.35. The first kappa shape index (κ1) is 17.8. The summed E-state index contributed by atoms with van der Waals surface area (Å²) < 4.78 is 46.7. The van der Waals surface area contributed by atoms with Gasteiger partial charge in [-0.25, -0.2) is 12.8 Å². The quantitative estimate of drug-likeness (QED) is 0.906. The van der Waals surface area contributed by atoms with Gasteiger partial charge in [0.2, 0.25) is 10.0 Å². The Morgan fingerprint density at radius 1 is 1.24 bits per heavy atom. The van der Waals surface area contributed by atoms with Crippen LogP contribution in [0.2, 0.25) is 0 Å². The number of nitrogens with zero attached hydrogens (tertiary/aromatic N) is 1. The van der Waals surface area contributed by atoms with E-state index in [0.29, 0.717) is 30.9 Å². The molecule has 0 aromatic heterocycles. The van der Waals surface area contributed by atoms with E-state index < -0.39 is 15.8 Å². The van der Waals surface area contributed by atoms with Crippen LogP contribution in [-0.4, -0.2) is 39.5 Å². The first-order chi connectivity index (χ1) is 11.9. The summed E-state index contributed by atoms with van der Waals surface area (Å²) in [5.74, 6) is 0.229. The van der Waals surface area contributed by atoms with Gasteiger partial charge in [-0.15, -0.1) is 0 Å². The van der Waals surface area contributed by atoms with Gasteiger partial charge in [-0.3, -0.25) is 0 Å². The average Bonchev–Trinajstić information content (AvgIpc) is 2.63. The number of ether oxygens (including phenoxy) is 1. The van der Waals surface area contributed by atoms with Crippen molar-refractivity contribution in [3.63, 3.8) is 0 Å². The zero-order valence-corrected chi connectivity index (χ0v) is 15.0. The summed E-state index contributed by atoms with van der Waals surface area (Å²) >= 11 is 0. The van der Waals surface area contributed by atoms with E-state index in [4.69, 9.17) is 4.74 Å². The van der Waals surface area contributed by atoms with Crippen molar-refractivity contribution in [1.82, 2.24) is 9.62 Å². The van der Waals surface area contributed by atoms with Gasteiger partial charge in [0, 0.05) is 25.2 Å². The molecule has 0 saturated carbocycles. The third-order valence-corrected chi connectivity index (χ3v) is 6.33. The highest BCUT2D eigenvalue weighted by molar-refractivity contribution is 7.89. The van der Waals surface area contributed by atoms with E-state index in [2.05, 4.69) is 5.32 Å². The second-order valence-electron chi connectivity index (χ2n) is 5.99. The first-order valence-electron chi connectivity index (χ1n) is 8.07. The minimum atomic E-state index is -3.75. The van der Waals surface area contributed by atoms with Crippen LogP contribution in [0.1, 0.15) is 17.2 Å². The molecule has 1 aliphatic heterocycles. The number of sulfonamides is 1. The topological polar surface area (TPSA) is 58.6 Å². The van der Waals surface area contributed by atoms with Gasteiger partial charge in [0.1, 0.15) is 11.6 Å². The lowest BCUT2D eigenvalue weighted by atomic mass is 10.0. The molecule has 0 aliphatic carbocycles. The molecule has 1 fully saturated rings. The molecule has 1 heterocycles. The summed E-state index contributed by atoms with van der Waals surface area (Å²) in [4.78, 5) is 0.105. The smallest absolute Gasteiger partial charge is 0.243 e. The van der Waals surface area contributed by atoms with E-state index in [1.165, 1.54) is 22.5 Å². The summed E-state index contributed by atoms with van der Waals surface area (Å²) in [6.45, 7) is 2.94. The molecule has 1 N–H and O–H groups in total. The molecule has 0 radical (unpaired) electrons. The Kier molecular flexibility index (Phi) is 5.08. The lowest BCUT2D eigenvalue weighted by Gasteiger charge is -2.36. The zero-order valence-electron chi connectivity index (χ0n) is 14.2. The van der Waals surface area contributed by atoms with Gasteiger partial charge in [-0.1, -0.05) is 18.2 Å². The van der Waals surface area contributed by atoms with Crippen LogP contribution in [0.5, 0.6) is 5.75 Å². The molecule has 1 saturated heterocycles. The Labute approximate surface area is 147 Å². The predicted molar refractivity (Wildman–Crippen MR) is 93.6 cm³/mol. The van der Waals surface area contributed by atoms with Crippen LogP contribution in [0, 0.1) is 12.7 Å². The highest BCUT2D eigenvalue weighted by atomic mass is 32.2. The molecule has 5 nitrogen and oxygen atoms in total. The summed E-state index contributed by atoms with van der Waals surface area (Å²) in [6.07, 6.45) is 0. The van der Waals surface area contributed by atoms with Gasteiger partial charge in [-0.05, 0) is 36.8 Å². The highest BCUT2D eigenvalue weighted by Crippen LogP contribution is 2.34. The zero-order chi connectivity index (χ0) is 18.0. The molecular weight excluding hydrogens is 343 g/mol. The molecule has 0 spiro atoms. The summed E-state index contributed by atoms with van der Waals surface area (Å²) in [5, 5.41) is 3.24. The normalized spacial score (nSPS) is 18.9. The van der Waals surface area contributed by atoms with Gasteiger partial charge < -0.3 is 10.1 Å². The molecule has 2 aromatic rings. The molecule has 1 unspecified atom stereocenters. The maximum atomic E-state index is 13.5. The fourth-order valence-electron chi connectivity index (χ4n) is 3.09. The van der Waals surface area contributed by atoms with Crippen LogP contribution < -0.4 is 10.1 Å². The van der Waals surface area contributed by atoms with E-state index in [1.807, 2.05) is 24.3 Å². The number of benzene rings is 2. The number of aryl methyl sites for hydroxylation is 1. The molecule has 0 amide bonds. The maximum Gasteiger partial charge on any atom is 0.243 e. The SMILES string of the molecule is COc1ccccc1C1CNCCN1S(=O)(=O)c1ccc(F)c(C)c1. The fraction of sp³-hybridized carbons (Fsp3) is 0.333. The van der Waals surface area contributed by atoms with Crippen molar-refractivity contribution in [1.29, 1.82) is 0 Å². The van der Waals surface area contributed by atoms with Crippen LogP contribution in [0.15, 0.2) is 47.4 Å². The predicted octanol–water partition coefficient (Wildman–Crippen LogP) is 2.48. The molecule has 25 heavy (non-hydrogen) atoms. The van der Waals surface area contributed by atoms with Crippen LogP contribution in [0.25, 0.3) is 0 Å². The molecule has 1 aliphatic rings. The van der Waals surface area contributed by atoms with Gasteiger partial charge in [0.15, 0.2) is 0 Å². The number of para-hydroxylation sites is 1. The van der Waals surface area contributed by atoms with Crippen molar-refractivity contribution in [2.24, 2.45) is 0 Å². The summed E-state index contributed by atoms with van der Waals surface area (Å²) in [6, 6.07) is 10.9. The molecule has 3 rings (SSSR count).